The maximum atomic E-state index is 12.5. The highest BCUT2D eigenvalue weighted by atomic mass is 16.5. The number of hydrogen-bond acceptors (Lipinski definition) is 5. The average Bonchev–Trinajstić information content (AvgIpc) is 2.73. The summed E-state index contributed by atoms with van der Waals surface area (Å²) in [7, 11) is 3.01. The van der Waals surface area contributed by atoms with Crippen LogP contribution in [0, 0.1) is 6.92 Å². The Hall–Kier alpha value is -3.55. The molecule has 0 spiro atoms. The predicted molar refractivity (Wildman–Crippen MR) is 111 cm³/mol. The van der Waals surface area contributed by atoms with Gasteiger partial charge in [-0.25, -0.2) is 0 Å². The minimum absolute atomic E-state index is 0.219. The van der Waals surface area contributed by atoms with Crippen LogP contribution in [-0.2, 0) is 20.9 Å². The van der Waals surface area contributed by atoms with E-state index < -0.39 is 17.7 Å². The molecule has 0 aliphatic carbocycles. The lowest BCUT2D eigenvalue weighted by atomic mass is 10.1. The number of carbonyl (C=O) groups is 3. The van der Waals surface area contributed by atoms with E-state index in [2.05, 4.69) is 5.32 Å². The highest BCUT2D eigenvalue weighted by Crippen LogP contribution is 2.28. The molecule has 0 atom stereocenters. The molecule has 1 aliphatic heterocycles. The van der Waals surface area contributed by atoms with Crippen LogP contribution in [0.4, 0.5) is 5.69 Å². The zero-order valence-corrected chi connectivity index (χ0v) is 17.3. The molecular weight excluding hydrogens is 386 g/mol. The summed E-state index contributed by atoms with van der Waals surface area (Å²) in [6.07, 6.45) is 0. The van der Waals surface area contributed by atoms with Gasteiger partial charge in [-0.15, -0.1) is 0 Å². The summed E-state index contributed by atoms with van der Waals surface area (Å²) in [5.41, 5.74) is 2.49. The molecule has 2 aromatic rings. The molecular formula is C22H25N3O5. The molecule has 0 aromatic heterocycles. The van der Waals surface area contributed by atoms with E-state index in [9.17, 15) is 14.4 Å². The van der Waals surface area contributed by atoms with Crippen molar-refractivity contribution >= 4 is 23.4 Å². The van der Waals surface area contributed by atoms with E-state index in [1.54, 1.807) is 18.2 Å². The lowest BCUT2D eigenvalue weighted by molar-refractivity contribution is -0.157. The number of benzene rings is 2. The van der Waals surface area contributed by atoms with Crippen molar-refractivity contribution in [3.05, 3.63) is 53.6 Å². The van der Waals surface area contributed by atoms with Gasteiger partial charge < -0.3 is 24.6 Å². The molecule has 0 saturated carbocycles. The quantitative estimate of drug-likeness (QED) is 0.703. The average molecular weight is 411 g/mol. The minimum atomic E-state index is -0.679. The summed E-state index contributed by atoms with van der Waals surface area (Å²) in [6.45, 7) is 2.79. The first-order chi connectivity index (χ1) is 14.4. The summed E-state index contributed by atoms with van der Waals surface area (Å²) >= 11 is 0. The summed E-state index contributed by atoms with van der Waals surface area (Å²) in [5, 5.41) is 2.71. The smallest absolute Gasteiger partial charge is 0.312 e. The number of aryl methyl sites for hydroxylation is 1. The maximum Gasteiger partial charge on any atom is 0.312 e. The number of nitrogens with zero attached hydrogens (tertiary/aromatic N) is 2. The van der Waals surface area contributed by atoms with Gasteiger partial charge in [0, 0.05) is 25.7 Å². The van der Waals surface area contributed by atoms with Crippen molar-refractivity contribution in [3.8, 4) is 11.5 Å². The molecule has 3 rings (SSSR count). The molecule has 8 nitrogen and oxygen atoms in total. The minimum Gasteiger partial charge on any atom is -0.497 e. The second-order valence-corrected chi connectivity index (χ2v) is 7.06. The molecule has 2 aromatic carbocycles. The Kier molecular flexibility index (Phi) is 6.56. The van der Waals surface area contributed by atoms with E-state index in [1.165, 1.54) is 24.0 Å². The molecule has 1 aliphatic rings. The fourth-order valence-electron chi connectivity index (χ4n) is 3.32. The molecule has 1 saturated heterocycles. The molecule has 1 N–H and O–H groups in total. The van der Waals surface area contributed by atoms with Gasteiger partial charge in [-0.3, -0.25) is 14.4 Å². The van der Waals surface area contributed by atoms with E-state index in [0.717, 1.165) is 11.1 Å². The monoisotopic (exact) mass is 411 g/mol. The van der Waals surface area contributed by atoms with E-state index in [-0.39, 0.29) is 6.54 Å². The molecule has 1 heterocycles. The Morgan fingerprint density at radius 1 is 1.00 bits per heavy atom. The molecule has 30 heavy (non-hydrogen) atoms. The lowest BCUT2D eigenvalue weighted by Crippen LogP contribution is -2.55. The van der Waals surface area contributed by atoms with Crippen molar-refractivity contribution in [2.24, 2.45) is 0 Å². The van der Waals surface area contributed by atoms with Crippen LogP contribution in [-0.4, -0.2) is 61.4 Å². The van der Waals surface area contributed by atoms with Crippen molar-refractivity contribution in [1.82, 2.24) is 9.80 Å². The van der Waals surface area contributed by atoms with E-state index in [4.69, 9.17) is 9.47 Å². The maximum absolute atomic E-state index is 12.5. The fraction of sp³-hybridized carbons (Fsp3) is 0.318. The summed E-state index contributed by atoms with van der Waals surface area (Å²) in [6, 6.07) is 12.8. The Morgan fingerprint density at radius 2 is 1.73 bits per heavy atom. The van der Waals surface area contributed by atoms with Gasteiger partial charge in [0.1, 0.15) is 18.0 Å². The lowest BCUT2D eigenvalue weighted by Gasteiger charge is -2.33. The molecule has 0 radical (unpaired) electrons. The first-order valence-corrected chi connectivity index (χ1v) is 9.57. The van der Waals surface area contributed by atoms with Crippen molar-refractivity contribution in [2.75, 3.05) is 39.2 Å². The number of rotatable bonds is 7. The summed E-state index contributed by atoms with van der Waals surface area (Å²) in [5.74, 6) is -0.678. The molecule has 158 valence electrons. The highest BCUT2D eigenvalue weighted by molar-refractivity contribution is 6.35. The molecule has 0 bridgehead atoms. The third-order valence-corrected chi connectivity index (χ3v) is 4.87. The standard InChI is InChI=1S/C22H25N3O5/c1-15-5-4-6-16(11-15)13-24-9-10-25(22(28)21(24)27)14-20(26)23-18-12-17(29-2)7-8-19(18)30-3/h4-8,11-12H,9-10,13-14H2,1-3H3,(H,23,26). The summed E-state index contributed by atoms with van der Waals surface area (Å²) in [4.78, 5) is 40.3. The van der Waals surface area contributed by atoms with Crippen molar-refractivity contribution < 1.29 is 23.9 Å². The first kappa shape index (κ1) is 21.2. The largest absolute Gasteiger partial charge is 0.497 e. The van der Waals surface area contributed by atoms with Crippen LogP contribution in [0.15, 0.2) is 42.5 Å². The van der Waals surface area contributed by atoms with Crippen LogP contribution < -0.4 is 14.8 Å². The SMILES string of the molecule is COc1ccc(OC)c(NC(=O)CN2CCN(Cc3cccc(C)c3)C(=O)C2=O)c1. The number of anilines is 1. The Labute approximate surface area is 175 Å². The van der Waals surface area contributed by atoms with Crippen LogP contribution in [0.1, 0.15) is 11.1 Å². The molecule has 3 amide bonds. The zero-order chi connectivity index (χ0) is 21.7. The van der Waals surface area contributed by atoms with Crippen molar-refractivity contribution in [2.45, 2.75) is 13.5 Å². The van der Waals surface area contributed by atoms with Crippen LogP contribution >= 0.6 is 0 Å². The van der Waals surface area contributed by atoms with Crippen LogP contribution in [0.3, 0.4) is 0 Å². The molecule has 1 fully saturated rings. The van der Waals surface area contributed by atoms with Gasteiger partial charge in [0.05, 0.1) is 19.9 Å². The Bertz CT molecular complexity index is 960. The third kappa shape index (κ3) is 4.89. The van der Waals surface area contributed by atoms with Crippen molar-refractivity contribution in [1.29, 1.82) is 0 Å². The van der Waals surface area contributed by atoms with E-state index in [0.29, 0.717) is 36.8 Å². The predicted octanol–water partition coefficient (Wildman–Crippen LogP) is 1.82. The normalized spacial score (nSPS) is 14.0. The van der Waals surface area contributed by atoms with Crippen LogP contribution in [0.2, 0.25) is 0 Å². The molecule has 0 unspecified atom stereocenters. The second-order valence-electron chi connectivity index (χ2n) is 7.06. The van der Waals surface area contributed by atoms with E-state index >= 15 is 0 Å². The summed E-state index contributed by atoms with van der Waals surface area (Å²) < 4.78 is 10.4. The van der Waals surface area contributed by atoms with Gasteiger partial charge in [0.15, 0.2) is 0 Å². The van der Waals surface area contributed by atoms with Gasteiger partial charge in [-0.05, 0) is 24.6 Å². The van der Waals surface area contributed by atoms with Gasteiger partial charge in [-0.2, -0.15) is 0 Å². The van der Waals surface area contributed by atoms with Gasteiger partial charge >= 0.3 is 11.8 Å². The number of ether oxygens (including phenoxy) is 2. The zero-order valence-electron chi connectivity index (χ0n) is 17.3. The number of amides is 3. The Morgan fingerprint density at radius 3 is 2.43 bits per heavy atom. The topological polar surface area (TPSA) is 88.2 Å². The Balaban J connectivity index is 1.61. The fourth-order valence-corrected chi connectivity index (χ4v) is 3.32. The van der Waals surface area contributed by atoms with Crippen LogP contribution in [0.5, 0.6) is 11.5 Å². The van der Waals surface area contributed by atoms with Gasteiger partial charge in [0.2, 0.25) is 5.91 Å². The molecule has 8 heteroatoms. The van der Waals surface area contributed by atoms with Gasteiger partial charge in [0.25, 0.3) is 0 Å². The highest BCUT2D eigenvalue weighted by Gasteiger charge is 2.33. The number of piperazine rings is 1. The first-order valence-electron chi connectivity index (χ1n) is 9.57. The number of hydrogen-bond donors (Lipinski definition) is 1. The van der Waals surface area contributed by atoms with Crippen LogP contribution in [0.25, 0.3) is 0 Å². The van der Waals surface area contributed by atoms with E-state index in [1.807, 2.05) is 31.2 Å². The third-order valence-electron chi connectivity index (χ3n) is 4.87. The number of methoxy groups -OCH3 is 2. The van der Waals surface area contributed by atoms with Gasteiger partial charge in [-0.1, -0.05) is 29.8 Å². The number of carbonyl (C=O) groups excluding carboxylic acids is 3. The number of nitrogens with one attached hydrogen (secondary N) is 1. The second kappa shape index (κ2) is 9.30. The van der Waals surface area contributed by atoms with Crippen molar-refractivity contribution in [3.63, 3.8) is 0 Å².